The summed E-state index contributed by atoms with van der Waals surface area (Å²) in [5.74, 6) is -0.783. The third-order valence-corrected chi connectivity index (χ3v) is 7.11. The lowest BCUT2D eigenvalue weighted by Crippen LogP contribution is -2.15. The predicted octanol–water partition coefficient (Wildman–Crippen LogP) is 8.53. The molecule has 0 bridgehead atoms. The fourth-order valence-corrected chi connectivity index (χ4v) is 4.68. The van der Waals surface area contributed by atoms with E-state index in [4.69, 9.17) is 9.72 Å². The molecule has 37 heavy (non-hydrogen) atoms. The summed E-state index contributed by atoms with van der Waals surface area (Å²) in [4.78, 5) is 30.6. The molecule has 0 saturated heterocycles. The number of para-hydroxylation sites is 1. The number of ketones is 1. The average Bonchev–Trinajstić information content (AvgIpc) is 2.92. The number of carbonyl (C=O) groups is 2. The van der Waals surface area contributed by atoms with Crippen molar-refractivity contribution < 1.29 is 14.3 Å². The van der Waals surface area contributed by atoms with Gasteiger partial charge in [-0.25, -0.2) is 9.78 Å². The lowest BCUT2D eigenvalue weighted by Gasteiger charge is -2.12. The van der Waals surface area contributed by atoms with Crippen LogP contribution in [0.2, 0.25) is 0 Å². The van der Waals surface area contributed by atoms with Gasteiger partial charge in [0.15, 0.2) is 12.4 Å². The highest BCUT2D eigenvalue weighted by molar-refractivity contribution is 9.10. The number of pyridine rings is 1. The first kappa shape index (κ1) is 26.7. The fraction of sp³-hybridized carbons (Fsp3) is 0.281. The Morgan fingerprint density at radius 1 is 0.892 bits per heavy atom. The van der Waals surface area contributed by atoms with Crippen molar-refractivity contribution in [3.63, 3.8) is 0 Å². The van der Waals surface area contributed by atoms with Crippen LogP contribution in [0.4, 0.5) is 0 Å². The molecule has 0 aliphatic carbocycles. The number of unbranched alkanes of at least 4 members (excludes halogenated alkanes) is 4. The van der Waals surface area contributed by atoms with Gasteiger partial charge in [0.25, 0.3) is 0 Å². The third-order valence-electron chi connectivity index (χ3n) is 6.58. The molecule has 0 radical (unpaired) electrons. The van der Waals surface area contributed by atoms with Gasteiger partial charge in [0, 0.05) is 21.0 Å². The molecular weight excluding hydrogens is 526 g/mol. The van der Waals surface area contributed by atoms with Crippen LogP contribution in [-0.4, -0.2) is 23.3 Å². The maximum absolute atomic E-state index is 13.2. The number of ether oxygens (including phenoxy) is 1. The number of aryl methyl sites for hydroxylation is 2. The van der Waals surface area contributed by atoms with E-state index in [1.165, 1.54) is 37.7 Å². The molecule has 1 aromatic heterocycles. The van der Waals surface area contributed by atoms with E-state index in [1.807, 2.05) is 25.1 Å². The molecule has 0 spiro atoms. The van der Waals surface area contributed by atoms with Crippen molar-refractivity contribution in [2.75, 3.05) is 6.61 Å². The van der Waals surface area contributed by atoms with E-state index in [1.54, 1.807) is 30.3 Å². The first-order valence-electron chi connectivity index (χ1n) is 12.9. The highest BCUT2D eigenvalue weighted by Crippen LogP contribution is 2.28. The van der Waals surface area contributed by atoms with Gasteiger partial charge in [-0.2, -0.15) is 0 Å². The number of aromatic nitrogens is 1. The van der Waals surface area contributed by atoms with E-state index in [0.29, 0.717) is 22.2 Å². The number of benzene rings is 3. The van der Waals surface area contributed by atoms with E-state index in [-0.39, 0.29) is 12.4 Å². The molecule has 0 saturated carbocycles. The summed E-state index contributed by atoms with van der Waals surface area (Å²) in [5, 5.41) is 0.716. The summed E-state index contributed by atoms with van der Waals surface area (Å²) in [5.41, 5.74) is 5.60. The number of Topliss-reactive ketones (excluding diaryl/α,β-unsaturated/α-hetero) is 1. The number of halogens is 1. The molecule has 0 fully saturated rings. The summed E-state index contributed by atoms with van der Waals surface area (Å²) >= 11 is 3.36. The molecule has 0 aliphatic rings. The van der Waals surface area contributed by atoms with Crippen LogP contribution in [0.5, 0.6) is 0 Å². The number of rotatable bonds is 11. The number of carbonyl (C=O) groups excluding carboxylic acids is 2. The van der Waals surface area contributed by atoms with Crippen LogP contribution in [0.25, 0.3) is 22.2 Å². The summed E-state index contributed by atoms with van der Waals surface area (Å²) < 4.78 is 6.36. The van der Waals surface area contributed by atoms with Gasteiger partial charge in [-0.3, -0.25) is 4.79 Å². The monoisotopic (exact) mass is 557 g/mol. The van der Waals surface area contributed by atoms with Crippen molar-refractivity contribution in [2.24, 2.45) is 0 Å². The molecule has 190 valence electrons. The topological polar surface area (TPSA) is 56.3 Å². The van der Waals surface area contributed by atoms with Crippen LogP contribution in [0.15, 0.2) is 77.3 Å². The second-order valence-electron chi connectivity index (χ2n) is 9.39. The van der Waals surface area contributed by atoms with Gasteiger partial charge in [0.2, 0.25) is 0 Å². The summed E-state index contributed by atoms with van der Waals surface area (Å²) in [6.45, 7) is 3.89. The van der Waals surface area contributed by atoms with Crippen LogP contribution in [-0.2, 0) is 11.2 Å². The van der Waals surface area contributed by atoms with Crippen LogP contribution in [0, 0.1) is 6.92 Å². The fourth-order valence-electron chi connectivity index (χ4n) is 4.41. The van der Waals surface area contributed by atoms with Crippen molar-refractivity contribution in [3.8, 4) is 11.3 Å². The summed E-state index contributed by atoms with van der Waals surface area (Å²) in [6, 6.07) is 22.9. The van der Waals surface area contributed by atoms with Crippen LogP contribution in [0.3, 0.4) is 0 Å². The van der Waals surface area contributed by atoms with E-state index < -0.39 is 5.97 Å². The van der Waals surface area contributed by atoms with Gasteiger partial charge in [0.1, 0.15) is 0 Å². The minimum absolute atomic E-state index is 0.249. The molecule has 0 aliphatic heterocycles. The minimum Gasteiger partial charge on any atom is -0.454 e. The maximum atomic E-state index is 13.2. The van der Waals surface area contributed by atoms with Gasteiger partial charge in [-0.05, 0) is 49.1 Å². The van der Waals surface area contributed by atoms with E-state index in [0.717, 1.165) is 27.5 Å². The van der Waals surface area contributed by atoms with E-state index >= 15 is 0 Å². The largest absolute Gasteiger partial charge is 0.454 e. The number of fused-ring (bicyclic) bond motifs is 1. The number of nitrogens with zero attached hydrogens (tertiary/aromatic N) is 1. The Hall–Kier alpha value is -3.31. The Bertz CT molecular complexity index is 1380. The first-order chi connectivity index (χ1) is 18.0. The predicted molar refractivity (Wildman–Crippen MR) is 153 cm³/mol. The Kier molecular flexibility index (Phi) is 9.24. The van der Waals surface area contributed by atoms with Crippen LogP contribution < -0.4 is 0 Å². The van der Waals surface area contributed by atoms with Crippen LogP contribution in [0.1, 0.15) is 70.9 Å². The molecule has 4 nitrogen and oxygen atoms in total. The van der Waals surface area contributed by atoms with Crippen molar-refractivity contribution in [1.29, 1.82) is 0 Å². The van der Waals surface area contributed by atoms with Crippen molar-refractivity contribution in [1.82, 2.24) is 4.98 Å². The first-order valence-corrected chi connectivity index (χ1v) is 13.7. The summed E-state index contributed by atoms with van der Waals surface area (Å²) in [6.07, 6.45) is 7.37. The minimum atomic E-state index is -0.534. The van der Waals surface area contributed by atoms with Gasteiger partial charge in [-0.1, -0.05) is 103 Å². The van der Waals surface area contributed by atoms with Crippen LogP contribution >= 0.6 is 15.9 Å². The Morgan fingerprint density at radius 3 is 2.35 bits per heavy atom. The molecule has 0 unspecified atom stereocenters. The highest BCUT2D eigenvalue weighted by atomic mass is 79.9. The smallest absolute Gasteiger partial charge is 0.339 e. The SMILES string of the molecule is CCCCCCCc1ccc(-c2cc(C(=O)OCC(=O)c3ccc(Br)cc3)c3cccc(C)c3n2)cc1. The Morgan fingerprint density at radius 2 is 1.62 bits per heavy atom. The third kappa shape index (κ3) is 6.92. The molecular formula is C32H32BrNO3. The molecule has 0 amide bonds. The van der Waals surface area contributed by atoms with Gasteiger partial charge in [0.05, 0.1) is 16.8 Å². The van der Waals surface area contributed by atoms with Gasteiger partial charge >= 0.3 is 5.97 Å². The second kappa shape index (κ2) is 12.8. The molecule has 3 aromatic carbocycles. The van der Waals surface area contributed by atoms with E-state index in [9.17, 15) is 9.59 Å². The number of hydrogen-bond acceptors (Lipinski definition) is 4. The van der Waals surface area contributed by atoms with Gasteiger partial charge in [-0.15, -0.1) is 0 Å². The zero-order chi connectivity index (χ0) is 26.2. The quantitative estimate of drug-likeness (QED) is 0.105. The second-order valence-corrected chi connectivity index (χ2v) is 10.3. The zero-order valence-electron chi connectivity index (χ0n) is 21.4. The Balaban J connectivity index is 1.54. The molecule has 0 N–H and O–H groups in total. The van der Waals surface area contributed by atoms with Crippen molar-refractivity contribution in [2.45, 2.75) is 52.4 Å². The molecule has 5 heteroatoms. The standard InChI is InChI=1S/C32H32BrNO3/c1-3-4-5-6-7-10-23-12-14-24(15-13-23)29-20-28(27-11-8-9-22(2)31(27)34-29)32(36)37-21-30(35)25-16-18-26(33)19-17-25/h8-9,11-20H,3-7,10,21H2,1-2H3. The molecule has 0 atom stereocenters. The molecule has 1 heterocycles. The summed E-state index contributed by atoms with van der Waals surface area (Å²) in [7, 11) is 0. The molecule has 4 aromatic rings. The van der Waals surface area contributed by atoms with Crippen molar-refractivity contribution >= 4 is 38.6 Å². The normalized spacial score (nSPS) is 11.0. The zero-order valence-corrected chi connectivity index (χ0v) is 23.0. The lowest BCUT2D eigenvalue weighted by molar-refractivity contribution is 0.0476. The van der Waals surface area contributed by atoms with E-state index in [2.05, 4.69) is 47.1 Å². The maximum Gasteiger partial charge on any atom is 0.339 e. The van der Waals surface area contributed by atoms with Crippen molar-refractivity contribution in [3.05, 3.63) is 99.5 Å². The number of hydrogen-bond donors (Lipinski definition) is 0. The lowest BCUT2D eigenvalue weighted by atomic mass is 10.00. The highest BCUT2D eigenvalue weighted by Gasteiger charge is 2.18. The number of esters is 1. The van der Waals surface area contributed by atoms with Gasteiger partial charge < -0.3 is 4.74 Å². The molecule has 4 rings (SSSR count). The Labute approximate surface area is 227 Å². The average molecular weight is 559 g/mol.